The predicted molar refractivity (Wildman–Crippen MR) is 52.6 cm³/mol. The summed E-state index contributed by atoms with van der Waals surface area (Å²) in [6, 6.07) is 0. The summed E-state index contributed by atoms with van der Waals surface area (Å²) in [7, 11) is 0. The van der Waals surface area contributed by atoms with E-state index >= 15 is 0 Å². The molecule has 2 aliphatic carbocycles. The molecule has 16 heavy (non-hydrogen) atoms. The topological polar surface area (TPSA) is 0 Å². The molecule has 0 aromatic carbocycles. The van der Waals surface area contributed by atoms with E-state index in [-0.39, 0.29) is 93.6 Å². The molecule has 0 nitrogen and oxygen atoms in total. The van der Waals surface area contributed by atoms with Gasteiger partial charge in [-0.2, -0.15) is 0 Å². The van der Waals surface area contributed by atoms with Crippen molar-refractivity contribution in [2.24, 2.45) is 17.8 Å². The molecule has 90 valence electrons. The Hall–Kier alpha value is 2.25. The Morgan fingerprint density at radius 1 is 1.19 bits per heavy atom. The van der Waals surface area contributed by atoms with E-state index in [0.29, 0.717) is 0 Å². The van der Waals surface area contributed by atoms with Gasteiger partial charge in [-0.25, -0.2) is 17.6 Å². The first-order valence-corrected chi connectivity index (χ1v) is 4.92. The van der Waals surface area contributed by atoms with Crippen molar-refractivity contribution in [3.8, 4) is 0 Å². The average Bonchev–Trinajstić information content (AvgIpc) is 2.33. The van der Waals surface area contributed by atoms with Gasteiger partial charge >= 0.3 is 21.7 Å². The molecule has 3 unspecified atom stereocenters. The van der Waals surface area contributed by atoms with Crippen molar-refractivity contribution in [1.82, 2.24) is 0 Å². The van der Waals surface area contributed by atoms with Crippen molar-refractivity contribution < 1.29 is 93.6 Å². The van der Waals surface area contributed by atoms with Crippen LogP contribution in [0.2, 0.25) is 0 Å². The number of fused-ring (bicyclic) bond motifs is 1. The fraction of sp³-hybridized carbons (Fsp3) is 0.583. The van der Waals surface area contributed by atoms with Crippen molar-refractivity contribution in [3.63, 3.8) is 0 Å². The largest absolute Gasteiger partial charge is 4.00 e. The van der Waals surface area contributed by atoms with E-state index in [1.54, 1.807) is 11.5 Å². The van der Waals surface area contributed by atoms with Crippen LogP contribution in [-0.4, -0.2) is 0 Å². The monoisotopic (exact) mass is 590 g/mol. The standard InChI is InChI=1S/C12H17.3HI.Ti/c1-8-9(2)11-6-4-5-7-12(11)10(8)3;;;;/h4-6,8,10,12H,7H2,1-3H3;3*1H;/q-1;;;;+4/p-3. The van der Waals surface area contributed by atoms with Crippen LogP contribution < -0.4 is 71.9 Å². The van der Waals surface area contributed by atoms with Crippen molar-refractivity contribution in [2.45, 2.75) is 27.2 Å². The van der Waals surface area contributed by atoms with Gasteiger partial charge in [0.15, 0.2) is 0 Å². The summed E-state index contributed by atoms with van der Waals surface area (Å²) in [4.78, 5) is 0. The molecular formula is C12H17I3Ti. The summed E-state index contributed by atoms with van der Waals surface area (Å²) >= 11 is 0. The van der Waals surface area contributed by atoms with E-state index in [9.17, 15) is 0 Å². The smallest absolute Gasteiger partial charge is 1.00 e. The molecule has 2 rings (SSSR count). The molecule has 0 amide bonds. The summed E-state index contributed by atoms with van der Waals surface area (Å²) in [5.41, 5.74) is 1.62. The van der Waals surface area contributed by atoms with Crippen LogP contribution >= 0.6 is 0 Å². The van der Waals surface area contributed by atoms with E-state index < -0.39 is 0 Å². The molecule has 0 aliphatic heterocycles. The summed E-state index contributed by atoms with van der Waals surface area (Å²) in [6.07, 6.45) is 8.08. The van der Waals surface area contributed by atoms with Crippen LogP contribution in [0.15, 0.2) is 23.8 Å². The normalized spacial score (nSPS) is 29.8. The Kier molecular flexibility index (Phi) is 14.7. The number of hydrogen-bond acceptors (Lipinski definition) is 0. The van der Waals surface area contributed by atoms with Crippen LogP contribution in [-0.2, 0) is 21.7 Å². The third-order valence-electron chi connectivity index (χ3n) is 3.76. The van der Waals surface area contributed by atoms with Crippen LogP contribution in [0.5, 0.6) is 0 Å². The van der Waals surface area contributed by atoms with Gasteiger partial charge in [0.05, 0.1) is 0 Å². The number of rotatable bonds is 0. The minimum Gasteiger partial charge on any atom is -1.00 e. The zero-order valence-corrected chi connectivity index (χ0v) is 17.8. The molecule has 1 saturated carbocycles. The van der Waals surface area contributed by atoms with Gasteiger partial charge in [0.2, 0.25) is 0 Å². The second-order valence-electron chi connectivity index (χ2n) is 4.22. The van der Waals surface area contributed by atoms with Gasteiger partial charge in [-0.15, -0.1) is 19.1 Å². The first-order valence-electron chi connectivity index (χ1n) is 4.92. The number of allylic oxidation sites excluding steroid dienone is 4. The minimum atomic E-state index is 0. The van der Waals surface area contributed by atoms with Gasteiger partial charge in [0.25, 0.3) is 0 Å². The molecule has 0 heterocycles. The fourth-order valence-electron chi connectivity index (χ4n) is 2.57. The van der Waals surface area contributed by atoms with Crippen molar-refractivity contribution in [1.29, 1.82) is 0 Å². The first kappa shape index (κ1) is 23.4. The van der Waals surface area contributed by atoms with E-state index in [0.717, 1.165) is 17.8 Å². The van der Waals surface area contributed by atoms with Gasteiger partial charge in [-0.1, -0.05) is 19.8 Å². The predicted octanol–water partition coefficient (Wildman–Crippen LogP) is -5.62. The molecule has 0 spiro atoms. The zero-order valence-electron chi connectivity index (χ0n) is 9.81. The molecule has 0 bridgehead atoms. The maximum absolute atomic E-state index is 2.39. The molecule has 1 fully saturated rings. The van der Waals surface area contributed by atoms with Crippen molar-refractivity contribution >= 4 is 0 Å². The van der Waals surface area contributed by atoms with Gasteiger partial charge in [0.1, 0.15) is 0 Å². The molecule has 0 saturated heterocycles. The van der Waals surface area contributed by atoms with Crippen LogP contribution in [0.4, 0.5) is 0 Å². The Morgan fingerprint density at radius 3 is 2.25 bits per heavy atom. The SMILES string of the molecule is C[C-]1C2=CC=CCC2C(C)C1C.[I-].[I-].[I-].[Ti+4]. The molecule has 2 aliphatic rings. The second-order valence-corrected chi connectivity index (χ2v) is 4.22. The molecule has 0 radical (unpaired) electrons. The molecular weight excluding hydrogens is 573 g/mol. The molecule has 0 aromatic heterocycles. The van der Waals surface area contributed by atoms with E-state index in [4.69, 9.17) is 0 Å². The van der Waals surface area contributed by atoms with Gasteiger partial charge in [-0.3, -0.25) is 0 Å². The maximum atomic E-state index is 2.39. The van der Waals surface area contributed by atoms with E-state index in [1.165, 1.54) is 6.42 Å². The number of hydrogen-bond donors (Lipinski definition) is 0. The third-order valence-corrected chi connectivity index (χ3v) is 3.76. The van der Waals surface area contributed by atoms with Crippen LogP contribution in [0.3, 0.4) is 0 Å². The number of halogens is 3. The Labute approximate surface area is 166 Å². The van der Waals surface area contributed by atoms with Crippen molar-refractivity contribution in [2.75, 3.05) is 0 Å². The summed E-state index contributed by atoms with van der Waals surface area (Å²) in [5.74, 6) is 4.09. The quantitative estimate of drug-likeness (QED) is 0.150. The summed E-state index contributed by atoms with van der Waals surface area (Å²) in [5, 5.41) is 0. The maximum Gasteiger partial charge on any atom is 4.00 e. The average molecular weight is 590 g/mol. The van der Waals surface area contributed by atoms with Crippen LogP contribution in [0.1, 0.15) is 27.2 Å². The third kappa shape index (κ3) is 4.42. The minimum absolute atomic E-state index is 0. The molecule has 0 N–H and O–H groups in total. The fourth-order valence-corrected chi connectivity index (χ4v) is 2.57. The summed E-state index contributed by atoms with van der Waals surface area (Å²) < 4.78 is 0. The van der Waals surface area contributed by atoms with Gasteiger partial charge in [-0.05, 0) is 18.3 Å². The second kappa shape index (κ2) is 10.1. The van der Waals surface area contributed by atoms with E-state index in [2.05, 4.69) is 39.0 Å². The molecule has 3 atom stereocenters. The van der Waals surface area contributed by atoms with Gasteiger partial charge < -0.3 is 71.9 Å². The Balaban J connectivity index is -0.000000422. The van der Waals surface area contributed by atoms with Crippen LogP contribution in [0, 0.1) is 23.7 Å². The van der Waals surface area contributed by atoms with Crippen LogP contribution in [0.25, 0.3) is 0 Å². The zero-order chi connectivity index (χ0) is 8.72. The molecule has 4 heteroatoms. The first-order chi connectivity index (χ1) is 5.72. The van der Waals surface area contributed by atoms with Crippen molar-refractivity contribution in [3.05, 3.63) is 29.7 Å². The summed E-state index contributed by atoms with van der Waals surface area (Å²) in [6.45, 7) is 7.05. The Morgan fingerprint density at radius 2 is 1.75 bits per heavy atom. The Bertz CT molecular complexity index is 251. The van der Waals surface area contributed by atoms with Gasteiger partial charge in [0, 0.05) is 0 Å². The van der Waals surface area contributed by atoms with E-state index in [1.807, 2.05) is 0 Å². The molecule has 0 aromatic rings.